The van der Waals surface area contributed by atoms with Gasteiger partial charge in [0.05, 0.1) is 0 Å². The van der Waals surface area contributed by atoms with Crippen molar-refractivity contribution in [2.24, 2.45) is 0 Å². The average Bonchev–Trinajstić information content (AvgIpc) is 2.14. The van der Waals surface area contributed by atoms with E-state index in [-0.39, 0.29) is 0 Å². The molecule has 0 N–H and O–H groups in total. The Kier molecular flexibility index (Phi) is 5.06. The highest BCUT2D eigenvalue weighted by molar-refractivity contribution is 5.13. The van der Waals surface area contributed by atoms with Gasteiger partial charge in [-0.3, -0.25) is 0 Å². The van der Waals surface area contributed by atoms with Gasteiger partial charge in [-0.05, 0) is 38.9 Å². The van der Waals surface area contributed by atoms with Crippen molar-refractivity contribution in [1.82, 2.24) is 4.90 Å². The SMILES string of the molecule is C=[N+](C)CCCCN1CCCCC1. The summed E-state index contributed by atoms with van der Waals surface area (Å²) in [6.45, 7) is 8.94. The molecule has 0 amide bonds. The zero-order valence-electron chi connectivity index (χ0n) is 8.97. The van der Waals surface area contributed by atoms with E-state index < -0.39 is 0 Å². The largest absolute Gasteiger partial charge is 0.303 e. The van der Waals surface area contributed by atoms with Gasteiger partial charge in [0.2, 0.25) is 0 Å². The highest BCUT2D eigenvalue weighted by Crippen LogP contribution is 2.09. The predicted molar refractivity (Wildman–Crippen MR) is 57.7 cm³/mol. The molecular weight excluding hydrogens is 160 g/mol. The third kappa shape index (κ3) is 5.04. The molecule has 1 fully saturated rings. The van der Waals surface area contributed by atoms with Crippen LogP contribution in [0.25, 0.3) is 0 Å². The summed E-state index contributed by atoms with van der Waals surface area (Å²) in [5.41, 5.74) is 0. The van der Waals surface area contributed by atoms with E-state index in [1.807, 2.05) is 11.6 Å². The van der Waals surface area contributed by atoms with Crippen molar-refractivity contribution in [3.63, 3.8) is 0 Å². The number of hydrogen-bond acceptors (Lipinski definition) is 1. The van der Waals surface area contributed by atoms with Crippen molar-refractivity contribution in [3.8, 4) is 0 Å². The van der Waals surface area contributed by atoms with E-state index in [2.05, 4.69) is 11.6 Å². The van der Waals surface area contributed by atoms with Crippen LogP contribution in [0.2, 0.25) is 0 Å². The first-order chi connectivity index (χ1) is 6.29. The number of rotatable bonds is 5. The fraction of sp³-hybridized carbons (Fsp3) is 0.909. The van der Waals surface area contributed by atoms with Crippen molar-refractivity contribution in [3.05, 3.63) is 0 Å². The summed E-state index contributed by atoms with van der Waals surface area (Å²) < 4.78 is 2.02. The summed E-state index contributed by atoms with van der Waals surface area (Å²) >= 11 is 0. The van der Waals surface area contributed by atoms with Crippen LogP contribution in [0.5, 0.6) is 0 Å². The van der Waals surface area contributed by atoms with Crippen LogP contribution >= 0.6 is 0 Å². The molecule has 2 nitrogen and oxygen atoms in total. The third-order valence-corrected chi connectivity index (χ3v) is 2.71. The van der Waals surface area contributed by atoms with Gasteiger partial charge in [-0.15, -0.1) is 0 Å². The van der Waals surface area contributed by atoms with E-state index in [1.165, 1.54) is 51.7 Å². The molecule has 0 bridgehead atoms. The highest BCUT2D eigenvalue weighted by Gasteiger charge is 2.08. The number of nitrogens with zero attached hydrogens (tertiary/aromatic N) is 2. The highest BCUT2D eigenvalue weighted by atomic mass is 15.1. The van der Waals surface area contributed by atoms with E-state index in [4.69, 9.17) is 0 Å². The number of piperidine rings is 1. The maximum Gasteiger partial charge on any atom is 0.142 e. The Balaban J connectivity index is 1.95. The Morgan fingerprint density at radius 1 is 1.15 bits per heavy atom. The van der Waals surface area contributed by atoms with E-state index >= 15 is 0 Å². The van der Waals surface area contributed by atoms with Crippen LogP contribution in [0.15, 0.2) is 0 Å². The Bertz CT molecular complexity index is 148. The van der Waals surface area contributed by atoms with Gasteiger partial charge in [-0.2, -0.15) is 0 Å². The number of unbranched alkanes of at least 4 members (excludes halogenated alkanes) is 1. The topological polar surface area (TPSA) is 6.25 Å². The van der Waals surface area contributed by atoms with E-state index in [0.717, 1.165) is 6.54 Å². The van der Waals surface area contributed by atoms with Gasteiger partial charge in [-0.25, -0.2) is 4.58 Å². The first kappa shape index (κ1) is 10.7. The second-order valence-electron chi connectivity index (χ2n) is 4.19. The normalized spacial score (nSPS) is 18.8. The lowest BCUT2D eigenvalue weighted by molar-refractivity contribution is -0.488. The van der Waals surface area contributed by atoms with Crippen LogP contribution in [-0.4, -0.2) is 49.4 Å². The lowest BCUT2D eigenvalue weighted by atomic mass is 10.1. The minimum Gasteiger partial charge on any atom is -0.303 e. The molecule has 13 heavy (non-hydrogen) atoms. The summed E-state index contributed by atoms with van der Waals surface area (Å²) in [6.07, 6.45) is 6.89. The average molecular weight is 183 g/mol. The molecule has 0 atom stereocenters. The smallest absolute Gasteiger partial charge is 0.142 e. The zero-order chi connectivity index (χ0) is 9.52. The molecule has 1 rings (SSSR count). The maximum atomic E-state index is 3.84. The third-order valence-electron chi connectivity index (χ3n) is 2.71. The number of likely N-dealkylation sites (tertiary alicyclic amines) is 1. The van der Waals surface area contributed by atoms with Gasteiger partial charge in [0, 0.05) is 6.42 Å². The van der Waals surface area contributed by atoms with Crippen molar-refractivity contribution >= 4 is 6.72 Å². The van der Waals surface area contributed by atoms with Gasteiger partial charge in [0.25, 0.3) is 0 Å². The van der Waals surface area contributed by atoms with Crippen LogP contribution in [0.3, 0.4) is 0 Å². The summed E-state index contributed by atoms with van der Waals surface area (Å²) in [7, 11) is 2.04. The van der Waals surface area contributed by atoms with Gasteiger partial charge < -0.3 is 4.90 Å². The minimum atomic E-state index is 1.13. The molecule has 0 aromatic carbocycles. The quantitative estimate of drug-likeness (QED) is 0.356. The second-order valence-corrected chi connectivity index (χ2v) is 4.19. The first-order valence-electron chi connectivity index (χ1n) is 5.53. The molecule has 0 aromatic rings. The fourth-order valence-corrected chi connectivity index (χ4v) is 1.90. The Morgan fingerprint density at radius 3 is 2.46 bits per heavy atom. The van der Waals surface area contributed by atoms with Gasteiger partial charge in [0.15, 0.2) is 0 Å². The van der Waals surface area contributed by atoms with Crippen molar-refractivity contribution in [1.29, 1.82) is 0 Å². The van der Waals surface area contributed by atoms with E-state index in [9.17, 15) is 0 Å². The molecule has 0 radical (unpaired) electrons. The Hall–Kier alpha value is -0.370. The summed E-state index contributed by atoms with van der Waals surface area (Å²) in [5.74, 6) is 0. The zero-order valence-corrected chi connectivity index (χ0v) is 8.97. The Labute approximate surface area is 82.2 Å². The summed E-state index contributed by atoms with van der Waals surface area (Å²) in [5, 5.41) is 0. The lowest BCUT2D eigenvalue weighted by Crippen LogP contribution is -2.30. The molecule has 2 heteroatoms. The van der Waals surface area contributed by atoms with Gasteiger partial charge >= 0.3 is 0 Å². The van der Waals surface area contributed by atoms with E-state index in [0.29, 0.717) is 0 Å². The number of hydrogen-bond donors (Lipinski definition) is 0. The van der Waals surface area contributed by atoms with Crippen LogP contribution in [0.4, 0.5) is 0 Å². The first-order valence-corrected chi connectivity index (χ1v) is 5.53. The molecule has 0 aliphatic carbocycles. The minimum absolute atomic E-state index is 1.13. The van der Waals surface area contributed by atoms with Crippen molar-refractivity contribution in [2.75, 3.05) is 33.2 Å². The lowest BCUT2D eigenvalue weighted by Gasteiger charge is -2.25. The maximum absolute atomic E-state index is 3.84. The molecule has 0 saturated carbocycles. The van der Waals surface area contributed by atoms with E-state index in [1.54, 1.807) is 0 Å². The monoisotopic (exact) mass is 183 g/mol. The molecular formula is C11H23N2+. The summed E-state index contributed by atoms with van der Waals surface area (Å²) in [6, 6.07) is 0. The molecule has 0 aromatic heterocycles. The molecule has 76 valence electrons. The molecule has 0 spiro atoms. The fourth-order valence-electron chi connectivity index (χ4n) is 1.90. The second kappa shape index (κ2) is 6.14. The molecule has 1 aliphatic rings. The molecule has 1 heterocycles. The van der Waals surface area contributed by atoms with Crippen LogP contribution < -0.4 is 0 Å². The standard InChI is InChI=1S/C11H23N2/c1-12(2)8-6-7-11-13-9-4-3-5-10-13/h1,3-11H2,2H3/q+1. The molecule has 0 unspecified atom stereocenters. The van der Waals surface area contributed by atoms with Gasteiger partial charge in [0.1, 0.15) is 20.3 Å². The van der Waals surface area contributed by atoms with Crippen LogP contribution in [0.1, 0.15) is 32.1 Å². The summed E-state index contributed by atoms with van der Waals surface area (Å²) in [4.78, 5) is 2.60. The van der Waals surface area contributed by atoms with Gasteiger partial charge in [-0.1, -0.05) is 6.42 Å². The Morgan fingerprint density at radius 2 is 1.85 bits per heavy atom. The van der Waals surface area contributed by atoms with Crippen molar-refractivity contribution in [2.45, 2.75) is 32.1 Å². The molecule has 1 aliphatic heterocycles. The van der Waals surface area contributed by atoms with Crippen molar-refractivity contribution < 1.29 is 4.58 Å². The van der Waals surface area contributed by atoms with Crippen LogP contribution in [-0.2, 0) is 0 Å². The molecule has 1 saturated heterocycles. The predicted octanol–water partition coefficient (Wildman–Crippen LogP) is 1.60. The van der Waals surface area contributed by atoms with Crippen LogP contribution in [0, 0.1) is 0 Å².